The summed E-state index contributed by atoms with van der Waals surface area (Å²) in [5, 5.41) is 14.5. The average Bonchev–Trinajstić information content (AvgIpc) is 3.02. The molecule has 0 heterocycles. The van der Waals surface area contributed by atoms with Crippen molar-refractivity contribution in [2.75, 3.05) is 12.4 Å². The Labute approximate surface area is 145 Å². The molecule has 6 heteroatoms. The zero-order valence-corrected chi connectivity index (χ0v) is 13.9. The van der Waals surface area contributed by atoms with Gasteiger partial charge in [0, 0.05) is 19.3 Å². The minimum atomic E-state index is -0.987. The number of aromatic carboxylic acids is 1. The maximum absolute atomic E-state index is 12.1. The fourth-order valence-electron chi connectivity index (χ4n) is 2.99. The highest BCUT2D eigenvalue weighted by atomic mass is 16.5. The number of fused-ring (bicyclic) bond motifs is 1. The lowest BCUT2D eigenvalue weighted by Gasteiger charge is -2.09. The number of nitrogens with one attached hydrogen (secondary N) is 2. The average molecular weight is 340 g/mol. The van der Waals surface area contributed by atoms with Gasteiger partial charge in [0.05, 0.1) is 11.7 Å². The normalized spacial score (nSPS) is 15.5. The van der Waals surface area contributed by atoms with Crippen LogP contribution in [0.5, 0.6) is 0 Å². The first kappa shape index (κ1) is 17.0. The molecule has 0 radical (unpaired) electrons. The van der Waals surface area contributed by atoms with Crippen LogP contribution in [0.25, 0.3) is 0 Å². The third-order valence-electron chi connectivity index (χ3n) is 4.32. The van der Waals surface area contributed by atoms with Crippen LogP contribution in [0.4, 0.5) is 10.5 Å². The molecule has 2 aromatic carbocycles. The Balaban J connectivity index is 1.57. The van der Waals surface area contributed by atoms with Gasteiger partial charge in [-0.1, -0.05) is 18.2 Å². The lowest BCUT2D eigenvalue weighted by atomic mass is 10.1. The SMILES string of the molecule is COC1Cc2ccc(NC(=O)NCc3cccc(C(=O)O)c3)cc2C1. The van der Waals surface area contributed by atoms with Gasteiger partial charge < -0.3 is 20.5 Å². The summed E-state index contributed by atoms with van der Waals surface area (Å²) in [4.78, 5) is 23.0. The van der Waals surface area contributed by atoms with Gasteiger partial charge in [-0.05, 0) is 53.8 Å². The van der Waals surface area contributed by atoms with E-state index in [-0.39, 0.29) is 24.2 Å². The van der Waals surface area contributed by atoms with Crippen LogP contribution in [0, 0.1) is 0 Å². The number of hydrogen-bond acceptors (Lipinski definition) is 3. The van der Waals surface area contributed by atoms with E-state index < -0.39 is 5.97 Å². The Morgan fingerprint density at radius 3 is 2.72 bits per heavy atom. The summed E-state index contributed by atoms with van der Waals surface area (Å²) in [5.41, 5.74) is 4.10. The third kappa shape index (κ3) is 4.16. The lowest BCUT2D eigenvalue weighted by molar-refractivity contribution is 0.0696. The van der Waals surface area contributed by atoms with E-state index in [0.717, 1.165) is 24.1 Å². The molecule has 2 aromatic rings. The van der Waals surface area contributed by atoms with Crippen molar-refractivity contribution in [2.45, 2.75) is 25.5 Å². The molecule has 0 aliphatic heterocycles. The number of carboxylic acids is 1. The van der Waals surface area contributed by atoms with Crippen LogP contribution < -0.4 is 10.6 Å². The summed E-state index contributed by atoms with van der Waals surface area (Å²) in [5.74, 6) is -0.987. The van der Waals surface area contributed by atoms with Gasteiger partial charge in [-0.3, -0.25) is 0 Å². The van der Waals surface area contributed by atoms with E-state index in [1.54, 1.807) is 25.3 Å². The summed E-state index contributed by atoms with van der Waals surface area (Å²) < 4.78 is 5.39. The van der Waals surface area contributed by atoms with Gasteiger partial charge in [0.15, 0.2) is 0 Å². The van der Waals surface area contributed by atoms with E-state index in [4.69, 9.17) is 9.84 Å². The van der Waals surface area contributed by atoms with E-state index in [1.807, 2.05) is 18.2 Å². The minimum Gasteiger partial charge on any atom is -0.478 e. The predicted molar refractivity (Wildman–Crippen MR) is 93.9 cm³/mol. The van der Waals surface area contributed by atoms with Crippen LogP contribution in [-0.2, 0) is 24.1 Å². The number of methoxy groups -OCH3 is 1. The number of carboxylic acid groups (broad SMARTS) is 1. The summed E-state index contributed by atoms with van der Waals surface area (Å²) in [6, 6.07) is 12.0. The standard InChI is InChI=1S/C19H20N2O4/c1-25-17-9-13-5-6-16(8-15(13)10-17)21-19(24)20-11-12-3-2-4-14(7-12)18(22)23/h2-8,17H,9-11H2,1H3,(H,22,23)(H2,20,21,24). The summed E-state index contributed by atoms with van der Waals surface area (Å²) in [7, 11) is 1.71. The van der Waals surface area contributed by atoms with Crippen molar-refractivity contribution in [3.8, 4) is 0 Å². The molecule has 3 rings (SSSR count). The molecule has 1 unspecified atom stereocenters. The highest BCUT2D eigenvalue weighted by molar-refractivity contribution is 5.89. The molecule has 0 saturated carbocycles. The third-order valence-corrected chi connectivity index (χ3v) is 4.32. The van der Waals surface area contributed by atoms with Crippen LogP contribution in [0.1, 0.15) is 27.0 Å². The van der Waals surface area contributed by atoms with Crippen LogP contribution >= 0.6 is 0 Å². The number of amides is 2. The topological polar surface area (TPSA) is 87.7 Å². The minimum absolute atomic E-state index is 0.200. The van der Waals surface area contributed by atoms with E-state index in [9.17, 15) is 9.59 Å². The zero-order chi connectivity index (χ0) is 17.8. The molecule has 1 atom stereocenters. The molecule has 0 aromatic heterocycles. The summed E-state index contributed by atoms with van der Waals surface area (Å²) >= 11 is 0. The monoisotopic (exact) mass is 340 g/mol. The smallest absolute Gasteiger partial charge is 0.335 e. The highest BCUT2D eigenvalue weighted by Gasteiger charge is 2.21. The van der Waals surface area contributed by atoms with Gasteiger partial charge >= 0.3 is 12.0 Å². The molecular formula is C19H20N2O4. The molecule has 1 aliphatic carbocycles. The molecule has 0 bridgehead atoms. The Bertz CT molecular complexity index is 804. The molecular weight excluding hydrogens is 320 g/mol. The number of carbonyl (C=O) groups excluding carboxylic acids is 1. The number of rotatable bonds is 5. The van der Waals surface area contributed by atoms with Gasteiger partial charge in [-0.15, -0.1) is 0 Å². The van der Waals surface area contributed by atoms with Gasteiger partial charge in [-0.2, -0.15) is 0 Å². The van der Waals surface area contributed by atoms with Crippen molar-refractivity contribution in [1.29, 1.82) is 0 Å². The molecule has 130 valence electrons. The van der Waals surface area contributed by atoms with Crippen molar-refractivity contribution in [3.05, 3.63) is 64.7 Å². The fraction of sp³-hybridized carbons (Fsp3) is 0.263. The first-order chi connectivity index (χ1) is 12.0. The number of benzene rings is 2. The van der Waals surface area contributed by atoms with Gasteiger partial charge in [0.2, 0.25) is 0 Å². The fourth-order valence-corrected chi connectivity index (χ4v) is 2.99. The zero-order valence-electron chi connectivity index (χ0n) is 13.9. The number of urea groups is 1. The van der Waals surface area contributed by atoms with Crippen molar-refractivity contribution in [1.82, 2.24) is 5.32 Å². The van der Waals surface area contributed by atoms with Crippen LogP contribution in [-0.4, -0.2) is 30.3 Å². The van der Waals surface area contributed by atoms with Crippen LogP contribution in [0.15, 0.2) is 42.5 Å². The number of carbonyl (C=O) groups is 2. The van der Waals surface area contributed by atoms with E-state index in [2.05, 4.69) is 10.6 Å². The molecule has 0 spiro atoms. The van der Waals surface area contributed by atoms with Crippen molar-refractivity contribution < 1.29 is 19.4 Å². The van der Waals surface area contributed by atoms with Gasteiger partial charge in [0.25, 0.3) is 0 Å². The number of ether oxygens (including phenoxy) is 1. The number of hydrogen-bond donors (Lipinski definition) is 3. The summed E-state index contributed by atoms with van der Waals surface area (Å²) in [6.45, 7) is 0.254. The van der Waals surface area contributed by atoms with Crippen molar-refractivity contribution >= 4 is 17.7 Å². The predicted octanol–water partition coefficient (Wildman–Crippen LogP) is 2.82. The van der Waals surface area contributed by atoms with Crippen molar-refractivity contribution in [2.24, 2.45) is 0 Å². The van der Waals surface area contributed by atoms with E-state index in [0.29, 0.717) is 0 Å². The molecule has 6 nitrogen and oxygen atoms in total. The maximum Gasteiger partial charge on any atom is 0.335 e. The molecule has 0 fully saturated rings. The van der Waals surface area contributed by atoms with E-state index >= 15 is 0 Å². The second kappa shape index (κ2) is 7.36. The van der Waals surface area contributed by atoms with E-state index in [1.165, 1.54) is 17.2 Å². The second-order valence-electron chi connectivity index (χ2n) is 6.06. The lowest BCUT2D eigenvalue weighted by Crippen LogP contribution is -2.28. The van der Waals surface area contributed by atoms with Crippen molar-refractivity contribution in [3.63, 3.8) is 0 Å². The molecule has 2 amide bonds. The van der Waals surface area contributed by atoms with Gasteiger partial charge in [0.1, 0.15) is 0 Å². The second-order valence-corrected chi connectivity index (χ2v) is 6.06. The first-order valence-electron chi connectivity index (χ1n) is 8.07. The Hall–Kier alpha value is -2.86. The van der Waals surface area contributed by atoms with Crippen LogP contribution in [0.3, 0.4) is 0 Å². The molecule has 0 saturated heterocycles. The Morgan fingerprint density at radius 1 is 1.16 bits per heavy atom. The van der Waals surface area contributed by atoms with Crippen LogP contribution in [0.2, 0.25) is 0 Å². The van der Waals surface area contributed by atoms with Gasteiger partial charge in [-0.25, -0.2) is 9.59 Å². The Morgan fingerprint density at radius 2 is 1.96 bits per heavy atom. The first-order valence-corrected chi connectivity index (χ1v) is 8.07. The number of anilines is 1. The maximum atomic E-state index is 12.1. The molecule has 25 heavy (non-hydrogen) atoms. The highest BCUT2D eigenvalue weighted by Crippen LogP contribution is 2.26. The quantitative estimate of drug-likeness (QED) is 0.781. The molecule has 1 aliphatic rings. The largest absolute Gasteiger partial charge is 0.478 e. The molecule has 3 N–H and O–H groups in total. The summed E-state index contributed by atoms with van der Waals surface area (Å²) in [6.07, 6.45) is 1.96. The Kier molecular flexibility index (Phi) is 5.00.